The van der Waals surface area contributed by atoms with E-state index in [0.29, 0.717) is 5.75 Å². The van der Waals surface area contributed by atoms with Crippen LogP contribution in [0.4, 0.5) is 0 Å². The fourth-order valence-electron chi connectivity index (χ4n) is 1.35. The molecule has 1 fully saturated rings. The summed E-state index contributed by atoms with van der Waals surface area (Å²) in [5.74, 6) is 1.98. The summed E-state index contributed by atoms with van der Waals surface area (Å²) in [7, 11) is 1.62. The van der Waals surface area contributed by atoms with Gasteiger partial charge >= 0.3 is 0 Å². The van der Waals surface area contributed by atoms with Crippen molar-refractivity contribution in [2.24, 2.45) is 5.92 Å². The van der Waals surface area contributed by atoms with Gasteiger partial charge in [0.2, 0.25) is 0 Å². The van der Waals surface area contributed by atoms with Crippen LogP contribution < -0.4 is 9.47 Å². The van der Waals surface area contributed by atoms with Crippen molar-refractivity contribution in [2.45, 2.75) is 12.8 Å². The lowest BCUT2D eigenvalue weighted by Gasteiger charge is -2.05. The molecule has 0 aliphatic heterocycles. The van der Waals surface area contributed by atoms with E-state index in [4.69, 9.17) is 9.47 Å². The summed E-state index contributed by atoms with van der Waals surface area (Å²) in [6, 6.07) is 7.24. The van der Waals surface area contributed by atoms with Crippen molar-refractivity contribution in [3.63, 3.8) is 0 Å². The van der Waals surface area contributed by atoms with Crippen LogP contribution in [0.1, 0.15) is 12.8 Å². The molecule has 0 N–H and O–H groups in total. The van der Waals surface area contributed by atoms with Gasteiger partial charge in [0, 0.05) is 5.92 Å². The van der Waals surface area contributed by atoms with Crippen molar-refractivity contribution in [3.8, 4) is 11.5 Å². The molecule has 1 aliphatic carbocycles. The number of hydrogen-bond acceptors (Lipinski definition) is 3. The number of Topliss-reactive ketones (excluding diaryl/α,β-unsaturated/α-hetero) is 1. The average molecular weight is 206 g/mol. The maximum absolute atomic E-state index is 11.4. The summed E-state index contributed by atoms with van der Waals surface area (Å²) in [6.45, 7) is 0.191. The van der Waals surface area contributed by atoms with E-state index >= 15 is 0 Å². The van der Waals surface area contributed by atoms with Crippen LogP contribution in [0.3, 0.4) is 0 Å². The Kier molecular flexibility index (Phi) is 2.90. The molecule has 1 aromatic rings. The van der Waals surface area contributed by atoms with E-state index in [1.165, 1.54) is 0 Å². The van der Waals surface area contributed by atoms with Gasteiger partial charge in [0.05, 0.1) is 7.11 Å². The van der Waals surface area contributed by atoms with Crippen LogP contribution in [-0.4, -0.2) is 19.5 Å². The van der Waals surface area contributed by atoms with E-state index in [-0.39, 0.29) is 18.3 Å². The van der Waals surface area contributed by atoms with E-state index in [2.05, 4.69) is 0 Å². The minimum absolute atomic E-state index is 0.191. The molecule has 1 saturated carbocycles. The fourth-order valence-corrected chi connectivity index (χ4v) is 1.35. The van der Waals surface area contributed by atoms with E-state index in [1.807, 2.05) is 12.1 Å². The normalized spacial score (nSPS) is 14.7. The molecule has 15 heavy (non-hydrogen) atoms. The molecule has 0 bridgehead atoms. The quantitative estimate of drug-likeness (QED) is 0.739. The van der Waals surface area contributed by atoms with Crippen molar-refractivity contribution in [3.05, 3.63) is 24.3 Å². The van der Waals surface area contributed by atoms with Gasteiger partial charge in [-0.05, 0) is 37.1 Å². The number of ketones is 1. The highest BCUT2D eigenvalue weighted by Crippen LogP contribution is 2.30. The number of benzene rings is 1. The highest BCUT2D eigenvalue weighted by atomic mass is 16.5. The summed E-state index contributed by atoms with van der Waals surface area (Å²) in [4.78, 5) is 11.4. The van der Waals surface area contributed by atoms with E-state index < -0.39 is 0 Å². The molecule has 0 radical (unpaired) electrons. The number of carbonyl (C=O) groups is 1. The predicted molar refractivity (Wildman–Crippen MR) is 56.2 cm³/mol. The van der Waals surface area contributed by atoms with Crippen LogP contribution in [0.2, 0.25) is 0 Å². The largest absolute Gasteiger partial charge is 0.497 e. The molecule has 2 rings (SSSR count). The summed E-state index contributed by atoms with van der Waals surface area (Å²) in [5, 5.41) is 0. The predicted octanol–water partition coefficient (Wildman–Crippen LogP) is 2.05. The van der Waals surface area contributed by atoms with Crippen molar-refractivity contribution in [1.82, 2.24) is 0 Å². The molecule has 0 heterocycles. The Hall–Kier alpha value is -1.51. The zero-order valence-corrected chi connectivity index (χ0v) is 8.73. The minimum atomic E-state index is 0.191. The van der Waals surface area contributed by atoms with Gasteiger partial charge in [-0.3, -0.25) is 4.79 Å². The maximum Gasteiger partial charge on any atom is 0.173 e. The van der Waals surface area contributed by atoms with Gasteiger partial charge in [0.25, 0.3) is 0 Å². The van der Waals surface area contributed by atoms with Gasteiger partial charge < -0.3 is 9.47 Å². The van der Waals surface area contributed by atoms with Crippen LogP contribution in [0, 0.1) is 5.92 Å². The van der Waals surface area contributed by atoms with Crippen LogP contribution in [0.5, 0.6) is 11.5 Å². The van der Waals surface area contributed by atoms with Crippen LogP contribution in [0.25, 0.3) is 0 Å². The molecule has 0 atom stereocenters. The SMILES string of the molecule is COc1ccc(OCC(=O)C2CC2)cc1. The standard InChI is InChI=1S/C12H14O3/c1-14-10-4-6-11(7-5-10)15-8-12(13)9-2-3-9/h4-7,9H,2-3,8H2,1H3. The molecule has 80 valence electrons. The topological polar surface area (TPSA) is 35.5 Å². The second-order valence-electron chi connectivity index (χ2n) is 3.70. The Labute approximate surface area is 89.0 Å². The maximum atomic E-state index is 11.4. The third-order valence-corrected chi connectivity index (χ3v) is 2.47. The summed E-state index contributed by atoms with van der Waals surface area (Å²) in [5.41, 5.74) is 0. The Morgan fingerprint density at radius 3 is 2.40 bits per heavy atom. The van der Waals surface area contributed by atoms with Gasteiger partial charge in [0.1, 0.15) is 18.1 Å². The third-order valence-electron chi connectivity index (χ3n) is 2.47. The number of hydrogen-bond donors (Lipinski definition) is 0. The zero-order valence-electron chi connectivity index (χ0n) is 8.73. The van der Waals surface area contributed by atoms with Gasteiger partial charge in [-0.15, -0.1) is 0 Å². The summed E-state index contributed by atoms with van der Waals surface area (Å²) >= 11 is 0. The second kappa shape index (κ2) is 4.34. The fraction of sp³-hybridized carbons (Fsp3) is 0.417. The van der Waals surface area contributed by atoms with Crippen molar-refractivity contribution >= 4 is 5.78 Å². The Balaban J connectivity index is 1.84. The van der Waals surface area contributed by atoms with Crippen LogP contribution in [-0.2, 0) is 4.79 Å². The van der Waals surface area contributed by atoms with Crippen LogP contribution in [0.15, 0.2) is 24.3 Å². The van der Waals surface area contributed by atoms with Gasteiger partial charge in [-0.1, -0.05) is 0 Å². The van der Waals surface area contributed by atoms with Crippen molar-refractivity contribution in [2.75, 3.05) is 13.7 Å². The molecular formula is C12H14O3. The smallest absolute Gasteiger partial charge is 0.173 e. The molecule has 0 spiro atoms. The first kappa shape index (κ1) is 10.0. The van der Waals surface area contributed by atoms with Gasteiger partial charge in [0.15, 0.2) is 5.78 Å². The number of carbonyl (C=O) groups excluding carboxylic acids is 1. The lowest BCUT2D eigenvalue weighted by Crippen LogP contribution is -2.12. The molecule has 0 saturated heterocycles. The number of methoxy groups -OCH3 is 1. The Bertz CT molecular complexity index is 338. The first-order valence-electron chi connectivity index (χ1n) is 5.09. The molecule has 3 nitrogen and oxygen atoms in total. The highest BCUT2D eigenvalue weighted by molar-refractivity contribution is 5.84. The van der Waals surface area contributed by atoms with Gasteiger partial charge in [-0.2, -0.15) is 0 Å². The first-order valence-corrected chi connectivity index (χ1v) is 5.09. The molecule has 0 amide bonds. The Morgan fingerprint density at radius 1 is 1.27 bits per heavy atom. The molecule has 3 heteroatoms. The third kappa shape index (κ3) is 2.72. The first-order chi connectivity index (χ1) is 7.29. The monoisotopic (exact) mass is 206 g/mol. The van der Waals surface area contributed by atoms with E-state index in [0.717, 1.165) is 18.6 Å². The molecule has 0 aromatic heterocycles. The lowest BCUT2D eigenvalue weighted by atomic mass is 10.3. The highest BCUT2D eigenvalue weighted by Gasteiger charge is 2.29. The summed E-state index contributed by atoms with van der Waals surface area (Å²) < 4.78 is 10.4. The minimum Gasteiger partial charge on any atom is -0.497 e. The molecule has 1 aliphatic rings. The van der Waals surface area contributed by atoms with Crippen LogP contribution >= 0.6 is 0 Å². The zero-order chi connectivity index (χ0) is 10.7. The van der Waals surface area contributed by atoms with Gasteiger partial charge in [-0.25, -0.2) is 0 Å². The summed E-state index contributed by atoms with van der Waals surface area (Å²) in [6.07, 6.45) is 2.07. The molecule has 0 unspecified atom stereocenters. The van der Waals surface area contributed by atoms with Crippen molar-refractivity contribution < 1.29 is 14.3 Å². The van der Waals surface area contributed by atoms with Crippen molar-refractivity contribution in [1.29, 1.82) is 0 Å². The molecular weight excluding hydrogens is 192 g/mol. The molecule has 1 aromatic carbocycles. The number of rotatable bonds is 5. The van der Waals surface area contributed by atoms with E-state index in [9.17, 15) is 4.79 Å². The second-order valence-corrected chi connectivity index (χ2v) is 3.70. The average Bonchev–Trinajstić information content (AvgIpc) is 3.10. The lowest BCUT2D eigenvalue weighted by molar-refractivity contribution is -0.122. The number of ether oxygens (including phenoxy) is 2. The Morgan fingerprint density at radius 2 is 1.87 bits per heavy atom. The van der Waals surface area contributed by atoms with E-state index in [1.54, 1.807) is 19.2 Å².